The summed E-state index contributed by atoms with van der Waals surface area (Å²) in [6.45, 7) is 9.52. The number of benzene rings is 8. The number of thiophene rings is 1. The molecule has 54 heavy (non-hydrogen) atoms. The fourth-order valence-electron chi connectivity index (χ4n) is 9.66. The molecule has 1 heterocycles. The Balaban J connectivity index is 1.20. The summed E-state index contributed by atoms with van der Waals surface area (Å²) in [6.07, 6.45) is 0. The topological polar surface area (TPSA) is 3.24 Å². The fraction of sp³-hybridized carbons (Fsp3) is 0.115. The Bertz CT molecular complexity index is 2890. The summed E-state index contributed by atoms with van der Waals surface area (Å²) in [5.74, 6) is 0. The molecule has 11 rings (SSSR count). The van der Waals surface area contributed by atoms with Crippen LogP contribution < -0.4 is 4.90 Å². The molecule has 1 nitrogen and oxygen atoms in total. The molecule has 0 bridgehead atoms. The SMILES string of the molecule is CC1(C)c2ccccc2-c2ccc(N(c3ccc4c(c3)C(C)(C)c3ccccc3-4)c3cc4c5cc(-c6ccccc6)ccc5sc4c4ccccc34)cc21. The van der Waals surface area contributed by atoms with Gasteiger partial charge in [0.2, 0.25) is 0 Å². The molecule has 0 spiro atoms. The first kappa shape index (κ1) is 31.6. The van der Waals surface area contributed by atoms with Crippen LogP contribution in [0, 0.1) is 0 Å². The predicted molar refractivity (Wildman–Crippen MR) is 232 cm³/mol. The van der Waals surface area contributed by atoms with E-state index < -0.39 is 0 Å². The Morgan fingerprint density at radius 2 is 0.926 bits per heavy atom. The Kier molecular flexibility index (Phi) is 6.59. The van der Waals surface area contributed by atoms with Gasteiger partial charge in [-0.05, 0) is 98.1 Å². The lowest BCUT2D eigenvalue weighted by Gasteiger charge is -2.30. The first-order valence-electron chi connectivity index (χ1n) is 19.0. The van der Waals surface area contributed by atoms with E-state index in [1.165, 1.54) is 104 Å². The van der Waals surface area contributed by atoms with Crippen molar-refractivity contribution in [2.45, 2.75) is 38.5 Å². The van der Waals surface area contributed by atoms with Crippen molar-refractivity contribution in [3.05, 3.63) is 186 Å². The van der Waals surface area contributed by atoms with Gasteiger partial charge in [-0.15, -0.1) is 11.3 Å². The summed E-state index contributed by atoms with van der Waals surface area (Å²) in [7, 11) is 0. The molecule has 0 saturated heterocycles. The largest absolute Gasteiger partial charge is 0.310 e. The normalized spacial score (nSPS) is 14.6. The number of rotatable bonds is 4. The first-order chi connectivity index (χ1) is 26.3. The highest BCUT2D eigenvalue weighted by atomic mass is 32.1. The Morgan fingerprint density at radius 1 is 0.389 bits per heavy atom. The van der Waals surface area contributed by atoms with Gasteiger partial charge in [-0.25, -0.2) is 0 Å². The molecule has 0 saturated carbocycles. The number of nitrogens with zero attached hydrogens (tertiary/aromatic N) is 1. The number of fused-ring (bicyclic) bond motifs is 11. The van der Waals surface area contributed by atoms with Gasteiger partial charge in [0.1, 0.15) is 0 Å². The summed E-state index contributed by atoms with van der Waals surface area (Å²) >= 11 is 1.91. The van der Waals surface area contributed by atoms with E-state index in [9.17, 15) is 0 Å². The smallest absolute Gasteiger partial charge is 0.0547 e. The standard InChI is InChI=1S/C52H39NS/c1-51(2)44-20-12-10-16-36(44)38-25-23-34(29-46(38)51)53(35-24-26-39-37-17-11-13-21-45(37)52(3,4)47(39)30-35)48-31-43-42-28-33(32-14-6-5-7-15-32)22-27-49(42)54-50(43)41-19-9-8-18-40(41)48/h5-31H,1-4H3. The van der Waals surface area contributed by atoms with Crippen molar-refractivity contribution in [2.75, 3.05) is 4.90 Å². The van der Waals surface area contributed by atoms with Crippen molar-refractivity contribution in [1.82, 2.24) is 0 Å². The van der Waals surface area contributed by atoms with Gasteiger partial charge in [0.05, 0.1) is 5.69 Å². The Labute approximate surface area is 320 Å². The molecule has 1 aromatic heterocycles. The van der Waals surface area contributed by atoms with E-state index in [0.717, 1.165) is 0 Å². The summed E-state index contributed by atoms with van der Waals surface area (Å²) in [5, 5.41) is 5.15. The zero-order valence-electron chi connectivity index (χ0n) is 30.9. The minimum absolute atomic E-state index is 0.113. The van der Waals surface area contributed by atoms with Gasteiger partial charge in [0.15, 0.2) is 0 Å². The third-order valence-corrected chi connectivity index (χ3v) is 13.7. The van der Waals surface area contributed by atoms with Crippen LogP contribution in [0.4, 0.5) is 17.1 Å². The second kappa shape index (κ2) is 11.3. The van der Waals surface area contributed by atoms with E-state index in [4.69, 9.17) is 0 Å². The maximum atomic E-state index is 2.55. The highest BCUT2D eigenvalue weighted by molar-refractivity contribution is 7.26. The molecule has 8 aromatic carbocycles. The molecule has 0 radical (unpaired) electrons. The van der Waals surface area contributed by atoms with E-state index in [1.807, 2.05) is 11.3 Å². The summed E-state index contributed by atoms with van der Waals surface area (Å²) in [5.41, 5.74) is 16.7. The molecule has 2 heteroatoms. The molecule has 2 aliphatic carbocycles. The molecule has 9 aromatic rings. The van der Waals surface area contributed by atoms with Crippen LogP contribution in [0.15, 0.2) is 164 Å². The molecular weight excluding hydrogens is 671 g/mol. The first-order valence-corrected chi connectivity index (χ1v) is 19.8. The molecular formula is C52H39NS. The molecule has 0 atom stereocenters. The Morgan fingerprint density at radius 3 is 1.56 bits per heavy atom. The van der Waals surface area contributed by atoms with E-state index in [1.54, 1.807) is 0 Å². The van der Waals surface area contributed by atoms with E-state index in [-0.39, 0.29) is 10.8 Å². The van der Waals surface area contributed by atoms with Gasteiger partial charge in [0.25, 0.3) is 0 Å². The average Bonchev–Trinajstić information content (AvgIpc) is 3.78. The zero-order chi connectivity index (χ0) is 36.3. The summed E-state index contributed by atoms with van der Waals surface area (Å²) < 4.78 is 2.65. The average molecular weight is 710 g/mol. The quantitative estimate of drug-likeness (QED) is 0.176. The van der Waals surface area contributed by atoms with Gasteiger partial charge in [-0.2, -0.15) is 0 Å². The molecule has 0 N–H and O–H groups in total. The van der Waals surface area contributed by atoms with Crippen molar-refractivity contribution >= 4 is 59.3 Å². The molecule has 2 aliphatic rings. The van der Waals surface area contributed by atoms with Crippen LogP contribution in [0.5, 0.6) is 0 Å². The molecule has 258 valence electrons. The van der Waals surface area contributed by atoms with E-state index in [0.29, 0.717) is 0 Å². The molecule has 0 fully saturated rings. The number of hydrogen-bond acceptors (Lipinski definition) is 2. The maximum Gasteiger partial charge on any atom is 0.0547 e. The monoisotopic (exact) mass is 709 g/mol. The number of hydrogen-bond donors (Lipinski definition) is 0. The Hall–Kier alpha value is -5.96. The van der Waals surface area contributed by atoms with Crippen LogP contribution in [0.3, 0.4) is 0 Å². The fourth-order valence-corrected chi connectivity index (χ4v) is 10.9. The van der Waals surface area contributed by atoms with Gasteiger partial charge in [-0.3, -0.25) is 0 Å². The van der Waals surface area contributed by atoms with Crippen molar-refractivity contribution in [3.63, 3.8) is 0 Å². The minimum atomic E-state index is -0.113. The van der Waals surface area contributed by atoms with E-state index >= 15 is 0 Å². The van der Waals surface area contributed by atoms with Crippen LogP contribution in [-0.4, -0.2) is 0 Å². The predicted octanol–water partition coefficient (Wildman–Crippen LogP) is 15.0. The second-order valence-corrected chi connectivity index (χ2v) is 17.2. The lowest BCUT2D eigenvalue weighted by molar-refractivity contribution is 0.660. The minimum Gasteiger partial charge on any atom is -0.310 e. The molecule has 0 aliphatic heterocycles. The van der Waals surface area contributed by atoms with E-state index in [2.05, 4.69) is 196 Å². The molecule has 0 amide bonds. The van der Waals surface area contributed by atoms with Gasteiger partial charge < -0.3 is 4.90 Å². The lowest BCUT2D eigenvalue weighted by atomic mass is 9.82. The maximum absolute atomic E-state index is 2.55. The van der Waals surface area contributed by atoms with Crippen molar-refractivity contribution in [2.24, 2.45) is 0 Å². The van der Waals surface area contributed by atoms with Crippen LogP contribution in [0.1, 0.15) is 49.9 Å². The highest BCUT2D eigenvalue weighted by Gasteiger charge is 2.38. The molecule has 0 unspecified atom stereocenters. The zero-order valence-corrected chi connectivity index (χ0v) is 31.8. The van der Waals surface area contributed by atoms with Crippen LogP contribution in [-0.2, 0) is 10.8 Å². The van der Waals surface area contributed by atoms with Gasteiger partial charge in [0, 0.05) is 53.1 Å². The van der Waals surface area contributed by atoms with Crippen molar-refractivity contribution in [1.29, 1.82) is 0 Å². The summed E-state index contributed by atoms with van der Waals surface area (Å²) in [4.78, 5) is 2.55. The second-order valence-electron chi connectivity index (χ2n) is 16.1. The van der Waals surface area contributed by atoms with Gasteiger partial charge >= 0.3 is 0 Å². The highest BCUT2D eigenvalue weighted by Crippen LogP contribution is 2.54. The van der Waals surface area contributed by atoms with Crippen molar-refractivity contribution in [3.8, 4) is 33.4 Å². The summed E-state index contributed by atoms with van der Waals surface area (Å²) in [6, 6.07) is 61.5. The third kappa shape index (κ3) is 4.38. The van der Waals surface area contributed by atoms with Crippen LogP contribution >= 0.6 is 11.3 Å². The van der Waals surface area contributed by atoms with Crippen molar-refractivity contribution < 1.29 is 0 Å². The lowest BCUT2D eigenvalue weighted by Crippen LogP contribution is -2.18. The van der Waals surface area contributed by atoms with Gasteiger partial charge in [-0.1, -0.05) is 149 Å². The number of anilines is 3. The third-order valence-electron chi connectivity index (χ3n) is 12.5. The van der Waals surface area contributed by atoms with Crippen LogP contribution in [0.2, 0.25) is 0 Å². The van der Waals surface area contributed by atoms with Crippen LogP contribution in [0.25, 0.3) is 64.3 Å².